The smallest absolute Gasteiger partial charge is 0.127 e. The first-order chi connectivity index (χ1) is 7.58. The first-order valence-corrected chi connectivity index (χ1v) is 6.84. The minimum atomic E-state index is -0.197. The predicted molar refractivity (Wildman–Crippen MR) is 71.2 cm³/mol. The molecule has 0 saturated carbocycles. The topological polar surface area (TPSA) is 0 Å². The van der Waals surface area contributed by atoms with E-state index in [0.717, 1.165) is 10.4 Å². The number of thiophene rings is 1. The molecule has 0 spiro atoms. The molecule has 1 atom stereocenters. The normalized spacial score (nSPS) is 12.8. The minimum Gasteiger partial charge on any atom is -0.207 e. The third-order valence-electron chi connectivity index (χ3n) is 2.27. The van der Waals surface area contributed by atoms with E-state index in [4.69, 9.17) is 11.6 Å². The molecule has 0 aliphatic carbocycles. The standard InChI is InChI=1S/C12H9BrClFS/c1-7-2-3-9(15)8(6-7)12(13)10-4-5-11(14)16-10/h2-6,12H,1H3. The zero-order chi connectivity index (χ0) is 11.7. The molecular weight excluding hydrogens is 311 g/mol. The van der Waals surface area contributed by atoms with Crippen molar-refractivity contribution in [2.24, 2.45) is 0 Å². The van der Waals surface area contributed by atoms with Gasteiger partial charge >= 0.3 is 0 Å². The Morgan fingerprint density at radius 2 is 2.06 bits per heavy atom. The van der Waals surface area contributed by atoms with Crippen molar-refractivity contribution < 1.29 is 4.39 Å². The Labute approximate surface area is 111 Å². The minimum absolute atomic E-state index is 0.134. The lowest BCUT2D eigenvalue weighted by molar-refractivity contribution is 0.613. The second kappa shape index (κ2) is 4.86. The van der Waals surface area contributed by atoms with Gasteiger partial charge in [-0.15, -0.1) is 11.3 Å². The van der Waals surface area contributed by atoms with Crippen molar-refractivity contribution in [3.05, 3.63) is 56.5 Å². The van der Waals surface area contributed by atoms with Crippen LogP contribution < -0.4 is 0 Å². The molecule has 16 heavy (non-hydrogen) atoms. The van der Waals surface area contributed by atoms with Crippen molar-refractivity contribution in [1.82, 2.24) is 0 Å². The van der Waals surface area contributed by atoms with Crippen LogP contribution in [0.3, 0.4) is 0 Å². The highest BCUT2D eigenvalue weighted by Gasteiger charge is 2.16. The molecule has 0 fully saturated rings. The highest BCUT2D eigenvalue weighted by atomic mass is 79.9. The zero-order valence-electron chi connectivity index (χ0n) is 8.51. The van der Waals surface area contributed by atoms with Crippen molar-refractivity contribution in [1.29, 1.82) is 0 Å². The number of hydrogen-bond acceptors (Lipinski definition) is 1. The summed E-state index contributed by atoms with van der Waals surface area (Å²) < 4.78 is 14.4. The lowest BCUT2D eigenvalue weighted by Gasteiger charge is -2.10. The molecule has 84 valence electrons. The van der Waals surface area contributed by atoms with E-state index in [9.17, 15) is 4.39 Å². The van der Waals surface area contributed by atoms with Crippen molar-refractivity contribution >= 4 is 38.9 Å². The zero-order valence-corrected chi connectivity index (χ0v) is 11.7. The largest absolute Gasteiger partial charge is 0.207 e. The van der Waals surface area contributed by atoms with Crippen LogP contribution in [0.5, 0.6) is 0 Å². The van der Waals surface area contributed by atoms with Crippen molar-refractivity contribution in [3.8, 4) is 0 Å². The molecule has 0 aliphatic rings. The van der Waals surface area contributed by atoms with Crippen LogP contribution in [0.4, 0.5) is 4.39 Å². The molecule has 4 heteroatoms. The van der Waals surface area contributed by atoms with E-state index in [1.165, 1.54) is 17.4 Å². The Hall–Kier alpha value is -0.380. The summed E-state index contributed by atoms with van der Waals surface area (Å²) in [4.78, 5) is 0.874. The average molecular weight is 320 g/mol. The SMILES string of the molecule is Cc1ccc(F)c(C(Br)c2ccc(Cl)s2)c1. The highest BCUT2D eigenvalue weighted by molar-refractivity contribution is 9.09. The summed E-state index contributed by atoms with van der Waals surface area (Å²) in [6.07, 6.45) is 0. The summed E-state index contributed by atoms with van der Waals surface area (Å²) in [5.41, 5.74) is 1.70. The van der Waals surface area contributed by atoms with Gasteiger partial charge in [-0.25, -0.2) is 4.39 Å². The number of hydrogen-bond donors (Lipinski definition) is 0. The van der Waals surface area contributed by atoms with Crippen LogP contribution in [0.2, 0.25) is 4.34 Å². The van der Waals surface area contributed by atoms with Crippen LogP contribution in [-0.4, -0.2) is 0 Å². The summed E-state index contributed by atoms with van der Waals surface area (Å²) in [5, 5.41) is 0. The summed E-state index contributed by atoms with van der Waals surface area (Å²) in [7, 11) is 0. The third kappa shape index (κ3) is 2.47. The Bertz CT molecular complexity index is 509. The van der Waals surface area contributed by atoms with Gasteiger partial charge in [-0.2, -0.15) is 0 Å². The number of rotatable bonds is 2. The number of halogens is 3. The molecule has 0 bridgehead atoms. The molecule has 0 nitrogen and oxygen atoms in total. The summed E-state index contributed by atoms with van der Waals surface area (Å²) in [5.74, 6) is -0.197. The van der Waals surface area contributed by atoms with Crippen LogP contribution in [0.1, 0.15) is 20.8 Å². The number of benzene rings is 1. The van der Waals surface area contributed by atoms with Gasteiger partial charge in [0.05, 0.1) is 9.16 Å². The molecule has 1 aromatic carbocycles. The maximum absolute atomic E-state index is 13.7. The molecule has 0 aliphatic heterocycles. The highest BCUT2D eigenvalue weighted by Crippen LogP contribution is 2.38. The van der Waals surface area contributed by atoms with E-state index in [2.05, 4.69) is 15.9 Å². The van der Waals surface area contributed by atoms with Gasteiger partial charge in [0.15, 0.2) is 0 Å². The molecule has 1 unspecified atom stereocenters. The molecule has 0 saturated heterocycles. The van der Waals surface area contributed by atoms with Gasteiger partial charge in [0.25, 0.3) is 0 Å². The van der Waals surface area contributed by atoms with E-state index in [1.807, 2.05) is 25.1 Å². The second-order valence-electron chi connectivity index (χ2n) is 3.53. The molecule has 2 aromatic rings. The maximum Gasteiger partial charge on any atom is 0.127 e. The Morgan fingerprint density at radius 1 is 1.31 bits per heavy atom. The molecular formula is C12H9BrClFS. The van der Waals surface area contributed by atoms with Crippen LogP contribution in [0.25, 0.3) is 0 Å². The van der Waals surface area contributed by atoms with Gasteiger partial charge in [-0.05, 0) is 25.1 Å². The molecule has 2 rings (SSSR count). The fourth-order valence-corrected chi connectivity index (χ4v) is 3.32. The fraction of sp³-hybridized carbons (Fsp3) is 0.167. The van der Waals surface area contributed by atoms with Crippen molar-refractivity contribution in [2.45, 2.75) is 11.8 Å². The quantitative estimate of drug-likeness (QED) is 0.656. The Morgan fingerprint density at radius 3 is 2.69 bits per heavy atom. The first-order valence-electron chi connectivity index (χ1n) is 4.73. The molecule has 1 aromatic heterocycles. The lowest BCUT2D eigenvalue weighted by atomic mass is 10.1. The summed E-state index contributed by atoms with van der Waals surface area (Å²) >= 11 is 10.8. The molecule has 0 amide bonds. The summed E-state index contributed by atoms with van der Waals surface area (Å²) in [6, 6.07) is 8.84. The lowest BCUT2D eigenvalue weighted by Crippen LogP contribution is -1.95. The van der Waals surface area contributed by atoms with Crippen LogP contribution >= 0.6 is 38.9 Å². The van der Waals surface area contributed by atoms with Crippen LogP contribution in [0, 0.1) is 12.7 Å². The van der Waals surface area contributed by atoms with Gasteiger partial charge in [0.2, 0.25) is 0 Å². The molecule has 0 N–H and O–H groups in total. The van der Waals surface area contributed by atoms with Gasteiger partial charge in [0, 0.05) is 10.4 Å². The molecule has 0 radical (unpaired) electrons. The predicted octanol–water partition coefficient (Wildman–Crippen LogP) is 5.33. The van der Waals surface area contributed by atoms with E-state index in [0.29, 0.717) is 9.90 Å². The van der Waals surface area contributed by atoms with E-state index < -0.39 is 0 Å². The molecule has 1 heterocycles. The average Bonchev–Trinajstić information content (AvgIpc) is 2.67. The van der Waals surface area contributed by atoms with E-state index in [1.54, 1.807) is 6.07 Å². The monoisotopic (exact) mass is 318 g/mol. The number of aryl methyl sites for hydroxylation is 1. The van der Waals surface area contributed by atoms with E-state index >= 15 is 0 Å². The fourth-order valence-electron chi connectivity index (χ4n) is 1.48. The van der Waals surface area contributed by atoms with Crippen molar-refractivity contribution in [3.63, 3.8) is 0 Å². The van der Waals surface area contributed by atoms with Gasteiger partial charge in [-0.1, -0.05) is 45.2 Å². The van der Waals surface area contributed by atoms with Crippen molar-refractivity contribution in [2.75, 3.05) is 0 Å². The first kappa shape index (κ1) is 12.1. The van der Waals surface area contributed by atoms with Crippen LogP contribution in [0.15, 0.2) is 30.3 Å². The van der Waals surface area contributed by atoms with Gasteiger partial charge in [0.1, 0.15) is 5.82 Å². The summed E-state index contributed by atoms with van der Waals surface area (Å²) in [6.45, 7) is 1.95. The Balaban J connectivity index is 2.40. The number of alkyl halides is 1. The van der Waals surface area contributed by atoms with E-state index in [-0.39, 0.29) is 10.6 Å². The van der Waals surface area contributed by atoms with Gasteiger partial charge < -0.3 is 0 Å². The maximum atomic E-state index is 13.7. The third-order valence-corrected chi connectivity index (χ3v) is 4.85. The Kier molecular flexibility index (Phi) is 3.67. The van der Waals surface area contributed by atoms with Crippen LogP contribution in [-0.2, 0) is 0 Å². The second-order valence-corrected chi connectivity index (χ2v) is 6.19. The van der Waals surface area contributed by atoms with Gasteiger partial charge in [-0.3, -0.25) is 0 Å².